The number of hydrogen-bond acceptors (Lipinski definition) is 3. The molecule has 0 aromatic heterocycles. The number of likely N-dealkylation sites (tertiary alicyclic amines) is 2. The smallest absolute Gasteiger partial charge is 0.239 e. The molecule has 2 saturated heterocycles. The van der Waals surface area contributed by atoms with Gasteiger partial charge < -0.3 is 10.2 Å². The highest BCUT2D eigenvalue weighted by Gasteiger charge is 2.33. The zero-order chi connectivity index (χ0) is 17.6. The summed E-state index contributed by atoms with van der Waals surface area (Å²) >= 11 is 0. The maximum Gasteiger partial charge on any atom is 0.239 e. The molecule has 1 N–H and O–H groups in total. The maximum atomic E-state index is 13.2. The Morgan fingerprint density at radius 1 is 1.16 bits per heavy atom. The number of nitrogens with one attached hydrogen (secondary N) is 1. The van der Waals surface area contributed by atoms with Crippen LogP contribution >= 0.6 is 0 Å². The minimum absolute atomic E-state index is 0.0212. The average Bonchev–Trinajstić information content (AvgIpc) is 2.64. The highest BCUT2D eigenvalue weighted by Crippen LogP contribution is 2.24. The van der Waals surface area contributed by atoms with Gasteiger partial charge >= 0.3 is 0 Å². The van der Waals surface area contributed by atoms with Gasteiger partial charge in [-0.3, -0.25) is 9.69 Å². The number of nitrogens with zero attached hydrogens (tertiary/aromatic N) is 2. The lowest BCUT2D eigenvalue weighted by atomic mass is 9.95. The molecule has 2 fully saturated rings. The monoisotopic (exact) mass is 347 g/mol. The molecule has 1 amide bonds. The summed E-state index contributed by atoms with van der Waals surface area (Å²) in [6.45, 7) is 4.42. The number of rotatable bonds is 5. The van der Waals surface area contributed by atoms with Crippen molar-refractivity contribution in [2.24, 2.45) is 5.92 Å². The molecule has 4 nitrogen and oxygen atoms in total. The first-order valence-corrected chi connectivity index (χ1v) is 9.59. The number of halogens is 1. The van der Waals surface area contributed by atoms with Gasteiger partial charge in [-0.25, -0.2) is 4.39 Å². The molecule has 0 saturated carbocycles. The van der Waals surface area contributed by atoms with Gasteiger partial charge in [0.2, 0.25) is 5.91 Å². The number of carbonyl (C=O) groups excluding carboxylic acids is 1. The third-order valence-corrected chi connectivity index (χ3v) is 5.52. The summed E-state index contributed by atoms with van der Waals surface area (Å²) in [6, 6.07) is 6.64. The van der Waals surface area contributed by atoms with Gasteiger partial charge in [0.25, 0.3) is 0 Å². The zero-order valence-electron chi connectivity index (χ0n) is 15.2. The Balaban J connectivity index is 1.65. The molecule has 0 aliphatic carbocycles. The highest BCUT2D eigenvalue weighted by atomic mass is 19.1. The number of piperidine rings is 2. The largest absolute Gasteiger partial charge is 0.341 e. The molecular weight excluding hydrogens is 317 g/mol. The summed E-state index contributed by atoms with van der Waals surface area (Å²) in [4.78, 5) is 17.5. The number of hydrogen-bond donors (Lipinski definition) is 1. The molecule has 3 rings (SSSR count). The Bertz CT molecular complexity index is 561. The van der Waals surface area contributed by atoms with Crippen LogP contribution in [0.2, 0.25) is 0 Å². The second kappa shape index (κ2) is 8.77. The van der Waals surface area contributed by atoms with Gasteiger partial charge in [-0.15, -0.1) is 0 Å². The van der Waals surface area contributed by atoms with Gasteiger partial charge in [-0.1, -0.05) is 18.6 Å². The second-order valence-corrected chi connectivity index (χ2v) is 7.46. The average molecular weight is 347 g/mol. The van der Waals surface area contributed by atoms with E-state index < -0.39 is 0 Å². The van der Waals surface area contributed by atoms with E-state index >= 15 is 0 Å². The highest BCUT2D eigenvalue weighted by molar-refractivity contribution is 5.82. The molecule has 2 aliphatic heterocycles. The Morgan fingerprint density at radius 3 is 2.72 bits per heavy atom. The van der Waals surface area contributed by atoms with Crippen molar-refractivity contribution in [3.05, 3.63) is 35.6 Å². The van der Waals surface area contributed by atoms with E-state index in [-0.39, 0.29) is 11.9 Å². The molecule has 0 bridgehead atoms. The van der Waals surface area contributed by atoms with Crippen LogP contribution in [0, 0.1) is 11.7 Å². The van der Waals surface area contributed by atoms with Crippen molar-refractivity contribution in [1.82, 2.24) is 15.1 Å². The molecule has 5 heteroatoms. The van der Waals surface area contributed by atoms with Crippen LogP contribution in [0.3, 0.4) is 0 Å². The van der Waals surface area contributed by atoms with Crippen molar-refractivity contribution in [3.63, 3.8) is 0 Å². The van der Waals surface area contributed by atoms with Crippen LogP contribution in [0.25, 0.3) is 0 Å². The van der Waals surface area contributed by atoms with E-state index in [1.54, 1.807) is 0 Å². The van der Waals surface area contributed by atoms with E-state index in [2.05, 4.69) is 15.1 Å². The van der Waals surface area contributed by atoms with Gasteiger partial charge in [0.1, 0.15) is 5.82 Å². The summed E-state index contributed by atoms with van der Waals surface area (Å²) < 4.78 is 13.1. The summed E-state index contributed by atoms with van der Waals surface area (Å²) in [6.07, 6.45) is 5.49. The van der Waals surface area contributed by atoms with Crippen molar-refractivity contribution in [2.45, 2.75) is 44.7 Å². The Kier molecular flexibility index (Phi) is 6.43. The lowest BCUT2D eigenvalue weighted by Crippen LogP contribution is -2.53. The van der Waals surface area contributed by atoms with E-state index in [9.17, 15) is 9.18 Å². The normalized spacial score (nSPS) is 25.1. The van der Waals surface area contributed by atoms with Gasteiger partial charge in [-0.2, -0.15) is 0 Å². The first-order chi connectivity index (χ1) is 12.2. The van der Waals surface area contributed by atoms with E-state index in [1.807, 2.05) is 19.2 Å². The molecule has 1 aromatic rings. The quantitative estimate of drug-likeness (QED) is 0.889. The minimum atomic E-state index is -0.209. The molecule has 2 atom stereocenters. The van der Waals surface area contributed by atoms with E-state index in [0.29, 0.717) is 11.8 Å². The number of carbonyl (C=O) groups is 1. The van der Waals surface area contributed by atoms with E-state index in [0.717, 1.165) is 64.0 Å². The molecule has 2 heterocycles. The number of amides is 1. The van der Waals surface area contributed by atoms with Gasteiger partial charge in [-0.05, 0) is 69.4 Å². The summed E-state index contributed by atoms with van der Waals surface area (Å²) in [5.74, 6) is 0.651. The van der Waals surface area contributed by atoms with Crippen LogP contribution in [-0.2, 0) is 11.3 Å². The van der Waals surface area contributed by atoms with Crippen molar-refractivity contribution < 1.29 is 9.18 Å². The predicted molar refractivity (Wildman–Crippen MR) is 97.7 cm³/mol. The standard InChI is InChI=1S/C20H30FN3O/c1-22-13-17-5-4-12-24(15-17)20(25)19-6-2-3-11-23(19)14-16-7-9-18(21)10-8-16/h7-10,17,19,22H,2-6,11-15H2,1H3/t17-,19-/m0/s1. The summed E-state index contributed by atoms with van der Waals surface area (Å²) in [7, 11) is 1.98. The second-order valence-electron chi connectivity index (χ2n) is 7.46. The van der Waals surface area contributed by atoms with Crippen LogP contribution < -0.4 is 5.32 Å². The number of benzene rings is 1. The first kappa shape index (κ1) is 18.3. The molecule has 25 heavy (non-hydrogen) atoms. The van der Waals surface area contributed by atoms with E-state index in [1.165, 1.54) is 18.6 Å². The third kappa shape index (κ3) is 4.79. The molecular formula is C20H30FN3O. The van der Waals surface area contributed by atoms with Crippen molar-refractivity contribution in [3.8, 4) is 0 Å². The van der Waals surface area contributed by atoms with Crippen molar-refractivity contribution >= 4 is 5.91 Å². The Morgan fingerprint density at radius 2 is 1.96 bits per heavy atom. The molecule has 0 radical (unpaired) electrons. The van der Waals surface area contributed by atoms with Crippen LogP contribution in [0.5, 0.6) is 0 Å². The summed E-state index contributed by atoms with van der Waals surface area (Å²) in [5, 5.41) is 3.24. The van der Waals surface area contributed by atoms with E-state index in [4.69, 9.17) is 0 Å². The molecule has 2 aliphatic rings. The zero-order valence-corrected chi connectivity index (χ0v) is 15.2. The lowest BCUT2D eigenvalue weighted by molar-refractivity contribution is -0.140. The van der Waals surface area contributed by atoms with Gasteiger partial charge in [0, 0.05) is 19.6 Å². The molecule has 138 valence electrons. The molecule has 0 spiro atoms. The van der Waals surface area contributed by atoms with Crippen molar-refractivity contribution in [2.75, 3.05) is 33.2 Å². The van der Waals surface area contributed by atoms with Gasteiger partial charge in [0.05, 0.1) is 6.04 Å². The van der Waals surface area contributed by atoms with Crippen LogP contribution in [0.4, 0.5) is 4.39 Å². The molecule has 1 aromatic carbocycles. The van der Waals surface area contributed by atoms with Crippen LogP contribution in [0.15, 0.2) is 24.3 Å². The SMILES string of the molecule is CNC[C@@H]1CCCN(C(=O)[C@@H]2CCCCN2Cc2ccc(F)cc2)C1. The van der Waals surface area contributed by atoms with Crippen LogP contribution in [0.1, 0.15) is 37.7 Å². The topological polar surface area (TPSA) is 35.6 Å². The van der Waals surface area contributed by atoms with Gasteiger partial charge in [0.15, 0.2) is 0 Å². The Labute approximate surface area is 150 Å². The third-order valence-electron chi connectivity index (χ3n) is 5.52. The lowest BCUT2D eigenvalue weighted by Gasteiger charge is -2.40. The minimum Gasteiger partial charge on any atom is -0.341 e. The predicted octanol–water partition coefficient (Wildman–Crippen LogP) is 2.64. The molecule has 0 unspecified atom stereocenters. The first-order valence-electron chi connectivity index (χ1n) is 9.59. The fourth-order valence-corrected chi connectivity index (χ4v) is 4.22. The Hall–Kier alpha value is -1.46. The van der Waals surface area contributed by atoms with Crippen LogP contribution in [-0.4, -0.2) is 55.0 Å². The maximum absolute atomic E-state index is 13.2. The van der Waals surface area contributed by atoms with Crippen molar-refractivity contribution in [1.29, 1.82) is 0 Å². The fourth-order valence-electron chi connectivity index (χ4n) is 4.22. The summed E-state index contributed by atoms with van der Waals surface area (Å²) in [5.41, 5.74) is 1.08. The fraction of sp³-hybridized carbons (Fsp3) is 0.650.